The van der Waals surface area contributed by atoms with Crippen molar-refractivity contribution >= 4 is 34.4 Å². The highest BCUT2D eigenvalue weighted by molar-refractivity contribution is 6.30. The van der Waals surface area contributed by atoms with Crippen LogP contribution in [0.5, 0.6) is 0 Å². The summed E-state index contributed by atoms with van der Waals surface area (Å²) in [5.74, 6) is -1.49. The lowest BCUT2D eigenvalue weighted by Gasteiger charge is -2.31. The first-order chi connectivity index (χ1) is 9.75. The maximum atomic E-state index is 12.6. The number of rotatable bonds is 3. The fourth-order valence-electron chi connectivity index (χ4n) is 1.90. The van der Waals surface area contributed by atoms with E-state index >= 15 is 0 Å². The van der Waals surface area contributed by atoms with Crippen LogP contribution in [0.3, 0.4) is 0 Å². The van der Waals surface area contributed by atoms with Crippen LogP contribution in [0.2, 0.25) is 5.15 Å². The number of carboxylic acids is 1. The van der Waals surface area contributed by atoms with Crippen molar-refractivity contribution in [2.75, 3.05) is 7.05 Å². The number of carbonyl (C=O) groups is 2. The Bertz CT molecular complexity index is 728. The number of carboxylic acid groups (broad SMARTS) is 1. The quantitative estimate of drug-likeness (QED) is 0.885. The second-order valence-corrected chi connectivity index (χ2v) is 5.63. The summed E-state index contributed by atoms with van der Waals surface area (Å²) in [5.41, 5.74) is -0.397. The second kappa shape index (κ2) is 5.33. The monoisotopic (exact) mass is 306 g/mol. The molecule has 1 N–H and O–H groups in total. The van der Waals surface area contributed by atoms with Crippen molar-refractivity contribution in [2.24, 2.45) is 0 Å². The largest absolute Gasteiger partial charge is 0.480 e. The summed E-state index contributed by atoms with van der Waals surface area (Å²) in [6, 6.07) is 8.55. The molecule has 0 unspecified atom stereocenters. The van der Waals surface area contributed by atoms with E-state index in [1.54, 1.807) is 24.3 Å². The van der Waals surface area contributed by atoms with Crippen molar-refractivity contribution in [1.82, 2.24) is 9.88 Å². The van der Waals surface area contributed by atoms with Gasteiger partial charge in [-0.25, -0.2) is 9.78 Å². The number of para-hydroxylation sites is 1. The number of aliphatic carboxylic acids is 1. The molecule has 0 bridgehead atoms. The molecule has 0 spiro atoms. The van der Waals surface area contributed by atoms with E-state index in [2.05, 4.69) is 4.98 Å². The van der Waals surface area contributed by atoms with Gasteiger partial charge in [0.1, 0.15) is 10.7 Å². The van der Waals surface area contributed by atoms with Crippen LogP contribution >= 0.6 is 11.6 Å². The molecular formula is C15H15ClN2O3. The van der Waals surface area contributed by atoms with E-state index < -0.39 is 17.4 Å². The number of amides is 1. The van der Waals surface area contributed by atoms with Crippen molar-refractivity contribution in [1.29, 1.82) is 0 Å². The van der Waals surface area contributed by atoms with E-state index in [0.717, 1.165) is 0 Å². The Hall–Kier alpha value is -2.14. The second-order valence-electron chi connectivity index (χ2n) is 5.24. The molecule has 0 radical (unpaired) electrons. The van der Waals surface area contributed by atoms with Crippen molar-refractivity contribution < 1.29 is 14.7 Å². The van der Waals surface area contributed by atoms with Crippen molar-refractivity contribution in [3.05, 3.63) is 41.0 Å². The fourth-order valence-corrected chi connectivity index (χ4v) is 2.10. The minimum absolute atomic E-state index is 0.193. The summed E-state index contributed by atoms with van der Waals surface area (Å²) in [7, 11) is 1.46. The topological polar surface area (TPSA) is 70.5 Å². The maximum absolute atomic E-state index is 12.6. The Kier molecular flexibility index (Phi) is 3.87. The smallest absolute Gasteiger partial charge is 0.329 e. The van der Waals surface area contributed by atoms with E-state index in [4.69, 9.17) is 11.6 Å². The van der Waals surface area contributed by atoms with E-state index in [1.165, 1.54) is 31.9 Å². The zero-order valence-electron chi connectivity index (χ0n) is 11.9. The average Bonchev–Trinajstić information content (AvgIpc) is 2.44. The standard InChI is InChI=1S/C15H15ClN2O3/c1-15(2,14(20)21)18(3)13(19)10-8-12(16)17-11-7-5-4-6-9(10)11/h4-8H,1-3H3,(H,20,21). The molecule has 110 valence electrons. The van der Waals surface area contributed by atoms with Crippen LogP contribution in [-0.4, -0.2) is 39.5 Å². The molecule has 0 saturated carbocycles. The first kappa shape index (κ1) is 15.3. The lowest BCUT2D eigenvalue weighted by molar-refractivity contribution is -0.147. The predicted octanol–water partition coefficient (Wildman–Crippen LogP) is 2.82. The minimum atomic E-state index is -1.33. The Morgan fingerprint density at radius 1 is 1.29 bits per heavy atom. The summed E-state index contributed by atoms with van der Waals surface area (Å²) >= 11 is 5.95. The summed E-state index contributed by atoms with van der Waals surface area (Å²) in [6.45, 7) is 2.94. The van der Waals surface area contributed by atoms with Gasteiger partial charge in [0.05, 0.1) is 11.1 Å². The number of benzene rings is 1. The number of hydrogen-bond donors (Lipinski definition) is 1. The van der Waals surface area contributed by atoms with Crippen molar-refractivity contribution in [2.45, 2.75) is 19.4 Å². The van der Waals surface area contributed by atoms with Crippen molar-refractivity contribution in [3.63, 3.8) is 0 Å². The van der Waals surface area contributed by atoms with E-state index in [1.807, 2.05) is 0 Å². The molecule has 1 heterocycles. The Morgan fingerprint density at radius 3 is 2.52 bits per heavy atom. The summed E-state index contributed by atoms with van der Waals surface area (Å²) < 4.78 is 0. The first-order valence-electron chi connectivity index (χ1n) is 6.32. The third kappa shape index (κ3) is 2.69. The van der Waals surface area contributed by atoms with E-state index in [0.29, 0.717) is 16.5 Å². The highest BCUT2D eigenvalue weighted by atomic mass is 35.5. The zero-order chi connectivity index (χ0) is 15.8. The molecule has 5 nitrogen and oxygen atoms in total. The molecule has 0 atom stereocenters. The Morgan fingerprint density at radius 2 is 1.90 bits per heavy atom. The van der Waals surface area contributed by atoms with Crippen LogP contribution in [0, 0.1) is 0 Å². The van der Waals surface area contributed by atoms with E-state index in [-0.39, 0.29) is 5.15 Å². The molecular weight excluding hydrogens is 292 g/mol. The number of carbonyl (C=O) groups excluding carboxylic acids is 1. The number of pyridine rings is 1. The molecule has 0 fully saturated rings. The van der Waals surface area contributed by atoms with Gasteiger partial charge in [-0.1, -0.05) is 29.8 Å². The molecule has 6 heteroatoms. The highest BCUT2D eigenvalue weighted by Crippen LogP contribution is 2.24. The summed E-state index contributed by atoms with van der Waals surface area (Å²) in [4.78, 5) is 29.3. The number of nitrogens with zero attached hydrogens (tertiary/aromatic N) is 2. The lowest BCUT2D eigenvalue weighted by Crippen LogP contribution is -2.50. The number of fused-ring (bicyclic) bond motifs is 1. The van der Waals surface area contributed by atoms with Gasteiger partial charge in [0.15, 0.2) is 0 Å². The third-order valence-electron chi connectivity index (χ3n) is 3.58. The SMILES string of the molecule is CN(C(=O)c1cc(Cl)nc2ccccc12)C(C)(C)C(=O)O. The molecule has 0 saturated heterocycles. The molecule has 2 rings (SSSR count). The Balaban J connectivity index is 2.56. The molecule has 2 aromatic rings. The molecule has 1 aromatic carbocycles. The summed E-state index contributed by atoms with van der Waals surface area (Å²) in [6.07, 6.45) is 0. The highest BCUT2D eigenvalue weighted by Gasteiger charge is 2.36. The van der Waals surface area contributed by atoms with Gasteiger partial charge in [0.2, 0.25) is 0 Å². The number of halogens is 1. The lowest BCUT2D eigenvalue weighted by atomic mass is 10.0. The van der Waals surface area contributed by atoms with Crippen LogP contribution in [0.25, 0.3) is 10.9 Å². The summed E-state index contributed by atoms with van der Waals surface area (Å²) in [5, 5.41) is 10.1. The van der Waals surface area contributed by atoms with Crippen LogP contribution in [0.4, 0.5) is 0 Å². The molecule has 21 heavy (non-hydrogen) atoms. The van der Waals surface area contributed by atoms with Crippen LogP contribution in [0.1, 0.15) is 24.2 Å². The molecule has 0 aliphatic carbocycles. The minimum Gasteiger partial charge on any atom is -0.480 e. The number of likely N-dealkylation sites (N-methyl/N-ethyl adjacent to an activating group) is 1. The van der Waals surface area contributed by atoms with Gasteiger partial charge < -0.3 is 10.0 Å². The van der Waals surface area contributed by atoms with Gasteiger partial charge in [-0.15, -0.1) is 0 Å². The van der Waals surface area contributed by atoms with Crippen LogP contribution < -0.4 is 0 Å². The van der Waals surface area contributed by atoms with Crippen LogP contribution in [0.15, 0.2) is 30.3 Å². The Labute approximate surface area is 127 Å². The molecule has 0 aliphatic rings. The van der Waals surface area contributed by atoms with Crippen LogP contribution in [-0.2, 0) is 4.79 Å². The van der Waals surface area contributed by atoms with Gasteiger partial charge in [0.25, 0.3) is 5.91 Å². The number of aromatic nitrogens is 1. The number of hydrogen-bond acceptors (Lipinski definition) is 3. The van der Waals surface area contributed by atoms with Gasteiger partial charge in [-0.05, 0) is 26.0 Å². The van der Waals surface area contributed by atoms with Gasteiger partial charge in [0, 0.05) is 12.4 Å². The van der Waals surface area contributed by atoms with Gasteiger partial charge in [-0.3, -0.25) is 4.79 Å². The molecule has 0 aliphatic heterocycles. The molecule has 1 aromatic heterocycles. The zero-order valence-corrected chi connectivity index (χ0v) is 12.7. The maximum Gasteiger partial charge on any atom is 0.329 e. The first-order valence-corrected chi connectivity index (χ1v) is 6.70. The predicted molar refractivity (Wildman–Crippen MR) is 80.6 cm³/mol. The van der Waals surface area contributed by atoms with Gasteiger partial charge >= 0.3 is 5.97 Å². The average molecular weight is 307 g/mol. The van der Waals surface area contributed by atoms with Crippen molar-refractivity contribution in [3.8, 4) is 0 Å². The van der Waals surface area contributed by atoms with E-state index in [9.17, 15) is 14.7 Å². The fraction of sp³-hybridized carbons (Fsp3) is 0.267. The van der Waals surface area contributed by atoms with Gasteiger partial charge in [-0.2, -0.15) is 0 Å². The molecule has 1 amide bonds. The normalized spacial score (nSPS) is 11.4. The third-order valence-corrected chi connectivity index (χ3v) is 3.78.